The molecule has 150 valence electrons. The van der Waals surface area contributed by atoms with Crippen molar-refractivity contribution in [2.24, 2.45) is 5.10 Å². The van der Waals surface area contributed by atoms with E-state index in [4.69, 9.17) is 0 Å². The van der Waals surface area contributed by atoms with Gasteiger partial charge in [0.25, 0.3) is 0 Å². The number of benzene rings is 2. The van der Waals surface area contributed by atoms with E-state index in [9.17, 15) is 4.79 Å². The fourth-order valence-electron chi connectivity index (χ4n) is 3.37. The van der Waals surface area contributed by atoms with E-state index in [2.05, 4.69) is 59.5 Å². The number of aromatic nitrogens is 2. The molecule has 30 heavy (non-hydrogen) atoms. The summed E-state index contributed by atoms with van der Waals surface area (Å²) in [5.74, 6) is 0. The lowest BCUT2D eigenvalue weighted by Gasteiger charge is -2.10. The molecular weight excluding hydrogens is 442 g/mol. The molecule has 0 aliphatic heterocycles. The topological polar surface area (TPSA) is 71.3 Å². The highest BCUT2D eigenvalue weighted by Crippen LogP contribution is 2.23. The third kappa shape index (κ3) is 4.26. The Morgan fingerprint density at radius 2 is 1.90 bits per heavy atom. The van der Waals surface area contributed by atoms with E-state index in [1.165, 1.54) is 0 Å². The van der Waals surface area contributed by atoms with Gasteiger partial charge in [0.2, 0.25) is 0 Å². The zero-order valence-corrected chi connectivity index (χ0v) is 18.1. The highest BCUT2D eigenvalue weighted by atomic mass is 79.9. The van der Waals surface area contributed by atoms with Crippen LogP contribution in [-0.2, 0) is 0 Å². The molecule has 2 amide bonds. The first-order chi connectivity index (χ1) is 14.5. The normalized spacial score (nSPS) is 11.2. The number of hydrogen-bond acceptors (Lipinski definition) is 3. The van der Waals surface area contributed by atoms with Gasteiger partial charge in [-0.25, -0.2) is 10.2 Å². The van der Waals surface area contributed by atoms with E-state index in [-0.39, 0.29) is 0 Å². The number of anilines is 1. The summed E-state index contributed by atoms with van der Waals surface area (Å²) >= 11 is 3.37. The number of halogens is 1. The molecule has 0 aliphatic carbocycles. The van der Waals surface area contributed by atoms with Gasteiger partial charge in [0.15, 0.2) is 0 Å². The number of amides is 2. The number of urea groups is 1. The summed E-state index contributed by atoms with van der Waals surface area (Å²) in [6, 6.07) is 19.2. The second kappa shape index (κ2) is 8.51. The number of aryl methyl sites for hydroxylation is 1. The number of carbonyl (C=O) groups excluding carboxylic acids is 1. The molecule has 2 aromatic heterocycles. The van der Waals surface area contributed by atoms with Gasteiger partial charge >= 0.3 is 6.03 Å². The number of pyridine rings is 1. The van der Waals surface area contributed by atoms with Crippen LogP contribution in [0, 0.1) is 13.8 Å². The second-order valence-electron chi connectivity index (χ2n) is 6.87. The Labute approximate surface area is 182 Å². The molecule has 6 nitrogen and oxygen atoms in total. The number of carbonyl (C=O) groups is 1. The van der Waals surface area contributed by atoms with E-state index in [0.717, 1.165) is 38.0 Å². The van der Waals surface area contributed by atoms with Crippen molar-refractivity contribution < 1.29 is 4.79 Å². The summed E-state index contributed by atoms with van der Waals surface area (Å²) in [7, 11) is 0. The number of fused-ring (bicyclic) bond motifs is 1. The van der Waals surface area contributed by atoms with Crippen molar-refractivity contribution in [3.63, 3.8) is 0 Å². The maximum absolute atomic E-state index is 12.0. The molecule has 0 spiro atoms. The molecule has 4 aromatic rings. The Morgan fingerprint density at radius 1 is 1.10 bits per heavy atom. The third-order valence-electron chi connectivity index (χ3n) is 4.79. The molecule has 0 saturated heterocycles. The van der Waals surface area contributed by atoms with Crippen LogP contribution in [0.1, 0.15) is 17.0 Å². The minimum absolute atomic E-state index is 0.399. The molecule has 0 saturated carbocycles. The first-order valence-corrected chi connectivity index (χ1v) is 10.2. The molecule has 0 bridgehead atoms. The lowest BCUT2D eigenvalue weighted by atomic mass is 10.2. The molecule has 4 rings (SSSR count). The SMILES string of the molecule is Cc1cc(/C=N/NC(=O)Nc2ccc(Br)cc2)c(C)n1-c1ccc2ncccc2c1. The van der Waals surface area contributed by atoms with Crippen LogP contribution >= 0.6 is 15.9 Å². The minimum atomic E-state index is -0.399. The molecule has 0 radical (unpaired) electrons. The summed E-state index contributed by atoms with van der Waals surface area (Å²) in [5.41, 5.74) is 8.27. The monoisotopic (exact) mass is 461 g/mol. The zero-order chi connectivity index (χ0) is 21.1. The highest BCUT2D eigenvalue weighted by Gasteiger charge is 2.10. The number of rotatable bonds is 4. The van der Waals surface area contributed by atoms with Crippen LogP contribution in [0.4, 0.5) is 10.5 Å². The average Bonchev–Trinajstić information content (AvgIpc) is 3.02. The third-order valence-corrected chi connectivity index (χ3v) is 5.32. The van der Waals surface area contributed by atoms with Gasteiger partial charge in [0, 0.05) is 44.4 Å². The Kier molecular flexibility index (Phi) is 5.63. The van der Waals surface area contributed by atoms with Gasteiger partial charge in [0.1, 0.15) is 0 Å². The van der Waals surface area contributed by atoms with Gasteiger partial charge in [-0.1, -0.05) is 22.0 Å². The fraction of sp³-hybridized carbons (Fsp3) is 0.0870. The van der Waals surface area contributed by atoms with Crippen molar-refractivity contribution in [2.45, 2.75) is 13.8 Å². The van der Waals surface area contributed by atoms with Crippen molar-refractivity contribution in [1.29, 1.82) is 0 Å². The molecular formula is C23H20BrN5O. The van der Waals surface area contributed by atoms with E-state index in [0.29, 0.717) is 5.69 Å². The maximum Gasteiger partial charge on any atom is 0.339 e. The molecule has 7 heteroatoms. The molecule has 0 fully saturated rings. The Morgan fingerprint density at radius 3 is 2.70 bits per heavy atom. The maximum atomic E-state index is 12.0. The van der Waals surface area contributed by atoms with Gasteiger partial charge in [-0.2, -0.15) is 5.10 Å². The predicted octanol–water partition coefficient (Wildman–Crippen LogP) is 5.56. The van der Waals surface area contributed by atoms with Crippen LogP contribution in [0.15, 0.2) is 76.4 Å². The summed E-state index contributed by atoms with van der Waals surface area (Å²) in [6.45, 7) is 4.08. The van der Waals surface area contributed by atoms with Gasteiger partial charge in [-0.3, -0.25) is 4.98 Å². The second-order valence-corrected chi connectivity index (χ2v) is 7.79. The van der Waals surface area contributed by atoms with Crippen molar-refractivity contribution >= 4 is 44.8 Å². The fourth-order valence-corrected chi connectivity index (χ4v) is 3.63. The number of hydrazone groups is 1. The molecule has 2 aromatic carbocycles. The number of nitrogens with zero attached hydrogens (tertiary/aromatic N) is 3. The Hall–Kier alpha value is -3.45. The number of hydrogen-bond donors (Lipinski definition) is 2. The predicted molar refractivity (Wildman–Crippen MR) is 124 cm³/mol. The summed E-state index contributed by atoms with van der Waals surface area (Å²) in [6.07, 6.45) is 3.45. The largest absolute Gasteiger partial charge is 0.339 e. The van der Waals surface area contributed by atoms with Gasteiger partial charge in [0.05, 0.1) is 11.7 Å². The van der Waals surface area contributed by atoms with Crippen molar-refractivity contribution in [3.05, 3.63) is 88.3 Å². The lowest BCUT2D eigenvalue weighted by Crippen LogP contribution is -2.24. The first kappa shape index (κ1) is 19.8. The van der Waals surface area contributed by atoms with Crippen LogP contribution < -0.4 is 10.7 Å². The van der Waals surface area contributed by atoms with Crippen LogP contribution in [-0.4, -0.2) is 21.8 Å². The summed E-state index contributed by atoms with van der Waals surface area (Å²) in [5, 5.41) is 7.92. The molecule has 0 aliphatic rings. The minimum Gasteiger partial charge on any atom is -0.318 e. The smallest absolute Gasteiger partial charge is 0.318 e. The Bertz CT molecular complexity index is 1240. The quantitative estimate of drug-likeness (QED) is 0.308. The van der Waals surface area contributed by atoms with Crippen molar-refractivity contribution in [1.82, 2.24) is 15.0 Å². The van der Waals surface area contributed by atoms with Crippen LogP contribution in [0.2, 0.25) is 0 Å². The molecule has 0 unspecified atom stereocenters. The van der Waals surface area contributed by atoms with Crippen LogP contribution in [0.25, 0.3) is 16.6 Å². The van der Waals surface area contributed by atoms with Crippen LogP contribution in [0.3, 0.4) is 0 Å². The molecule has 2 N–H and O–H groups in total. The van der Waals surface area contributed by atoms with Gasteiger partial charge < -0.3 is 9.88 Å². The summed E-state index contributed by atoms with van der Waals surface area (Å²) in [4.78, 5) is 16.4. The molecule has 0 atom stereocenters. The van der Waals surface area contributed by atoms with Crippen molar-refractivity contribution in [3.8, 4) is 5.69 Å². The average molecular weight is 462 g/mol. The van der Waals surface area contributed by atoms with Crippen molar-refractivity contribution in [2.75, 3.05) is 5.32 Å². The van der Waals surface area contributed by atoms with E-state index in [1.807, 2.05) is 44.2 Å². The standard InChI is InChI=1S/C23H20BrN5O/c1-15-12-18(14-26-28-23(30)27-20-7-5-19(24)6-8-20)16(2)29(15)21-9-10-22-17(13-21)4-3-11-25-22/h3-14H,1-2H3,(H2,27,28,30)/b26-14+. The lowest BCUT2D eigenvalue weighted by molar-refractivity contribution is 0.252. The van der Waals surface area contributed by atoms with E-state index < -0.39 is 6.03 Å². The first-order valence-electron chi connectivity index (χ1n) is 9.41. The molecule has 2 heterocycles. The van der Waals surface area contributed by atoms with Crippen LogP contribution in [0.5, 0.6) is 0 Å². The number of nitrogens with one attached hydrogen (secondary N) is 2. The van der Waals surface area contributed by atoms with E-state index in [1.54, 1.807) is 24.5 Å². The summed E-state index contributed by atoms with van der Waals surface area (Å²) < 4.78 is 3.11. The Balaban J connectivity index is 1.50. The van der Waals surface area contributed by atoms with Gasteiger partial charge in [-0.05, 0) is 68.4 Å². The van der Waals surface area contributed by atoms with E-state index >= 15 is 0 Å². The van der Waals surface area contributed by atoms with Gasteiger partial charge in [-0.15, -0.1) is 0 Å². The highest BCUT2D eigenvalue weighted by molar-refractivity contribution is 9.10. The zero-order valence-electron chi connectivity index (χ0n) is 16.6.